The molecule has 1 atom stereocenters. The summed E-state index contributed by atoms with van der Waals surface area (Å²) in [5.74, 6) is -0.567. The predicted molar refractivity (Wildman–Crippen MR) is 97.1 cm³/mol. The molecule has 0 aromatic heterocycles. The largest absolute Gasteiger partial charge is 0.369 e. The minimum Gasteiger partial charge on any atom is -0.369 e. The molecule has 1 unspecified atom stereocenters. The molecule has 6 N–H and O–H groups in total. The number of benzene rings is 1. The topological polar surface area (TPSA) is 102 Å². The first-order valence-corrected chi connectivity index (χ1v) is 6.42. The molecule has 9 heteroatoms. The van der Waals surface area contributed by atoms with Crippen LogP contribution in [0.15, 0.2) is 30.3 Å². The van der Waals surface area contributed by atoms with Gasteiger partial charge in [-0.2, -0.15) is 0 Å². The Kier molecular flexibility index (Phi) is 10.8. The van der Waals surface area contributed by atoms with E-state index in [0.717, 1.165) is 13.1 Å². The number of rotatable bonds is 4. The molecule has 22 heavy (non-hydrogen) atoms. The van der Waals surface area contributed by atoms with E-state index in [1.165, 1.54) is 5.69 Å². The SMILES string of the molecule is Cl.Cl.Cl.NCC(N)(C(N)=O)N1CCN(c2ccccc2)CC1. The van der Waals surface area contributed by atoms with Crippen LogP contribution in [-0.4, -0.2) is 49.2 Å². The molecule has 1 saturated heterocycles. The van der Waals surface area contributed by atoms with Crippen LogP contribution in [0.3, 0.4) is 0 Å². The Balaban J connectivity index is 0. The number of anilines is 1. The van der Waals surface area contributed by atoms with Crippen LogP contribution in [0.25, 0.3) is 0 Å². The fourth-order valence-electron chi connectivity index (χ4n) is 2.39. The number of carbonyl (C=O) groups excluding carboxylic acids is 1. The highest BCUT2D eigenvalue weighted by molar-refractivity contribution is 5.86. The number of nitrogens with zero attached hydrogens (tertiary/aromatic N) is 2. The summed E-state index contributed by atoms with van der Waals surface area (Å²) in [5, 5.41) is 0. The summed E-state index contributed by atoms with van der Waals surface area (Å²) >= 11 is 0. The zero-order chi connectivity index (χ0) is 13.9. The Morgan fingerprint density at radius 1 is 1.05 bits per heavy atom. The average molecular weight is 373 g/mol. The lowest BCUT2D eigenvalue weighted by Crippen LogP contribution is -2.71. The fraction of sp³-hybridized carbons (Fsp3) is 0.462. The van der Waals surface area contributed by atoms with Gasteiger partial charge in [0.1, 0.15) is 0 Å². The molecular formula is C13H24Cl3N5O. The number of hydrogen-bond donors (Lipinski definition) is 3. The number of para-hydroxylation sites is 1. The molecule has 0 spiro atoms. The van der Waals surface area contributed by atoms with Crippen molar-refractivity contribution < 1.29 is 4.79 Å². The zero-order valence-electron chi connectivity index (χ0n) is 12.2. The van der Waals surface area contributed by atoms with E-state index in [4.69, 9.17) is 17.2 Å². The Morgan fingerprint density at radius 2 is 1.55 bits per heavy atom. The van der Waals surface area contributed by atoms with Gasteiger partial charge in [-0.3, -0.25) is 9.69 Å². The highest BCUT2D eigenvalue weighted by Crippen LogP contribution is 2.18. The van der Waals surface area contributed by atoms with Crippen LogP contribution >= 0.6 is 37.2 Å². The fourth-order valence-corrected chi connectivity index (χ4v) is 2.39. The third-order valence-electron chi connectivity index (χ3n) is 3.70. The van der Waals surface area contributed by atoms with Crippen LogP contribution in [0.1, 0.15) is 0 Å². The van der Waals surface area contributed by atoms with Crippen LogP contribution in [0, 0.1) is 0 Å². The second kappa shape index (κ2) is 10.1. The minimum atomic E-state index is -1.23. The van der Waals surface area contributed by atoms with Crippen LogP contribution in [-0.2, 0) is 4.79 Å². The van der Waals surface area contributed by atoms with Crippen LogP contribution in [0.4, 0.5) is 5.69 Å². The second-order valence-corrected chi connectivity index (χ2v) is 4.80. The number of amides is 1. The van der Waals surface area contributed by atoms with Crippen molar-refractivity contribution in [3.05, 3.63) is 30.3 Å². The standard InChI is InChI=1S/C13H21N5O.3ClH/c14-10-13(16,12(15)19)18-8-6-17(7-9-18)11-4-2-1-3-5-11;;;/h1-5H,6-10,14,16H2,(H2,15,19);3*1H. The van der Waals surface area contributed by atoms with Gasteiger partial charge < -0.3 is 22.1 Å². The smallest absolute Gasteiger partial charge is 0.253 e. The summed E-state index contributed by atoms with van der Waals surface area (Å²) in [4.78, 5) is 15.6. The van der Waals surface area contributed by atoms with Crippen molar-refractivity contribution in [1.82, 2.24) is 4.90 Å². The van der Waals surface area contributed by atoms with Gasteiger partial charge >= 0.3 is 0 Å². The Hall–Kier alpha value is -0.760. The van der Waals surface area contributed by atoms with Crippen LogP contribution in [0.2, 0.25) is 0 Å². The molecule has 1 amide bonds. The highest BCUT2D eigenvalue weighted by Gasteiger charge is 2.38. The first kappa shape index (κ1) is 23.5. The normalized spacial score (nSPS) is 17.3. The van der Waals surface area contributed by atoms with Gasteiger partial charge in [0.25, 0.3) is 5.91 Å². The van der Waals surface area contributed by atoms with Crippen molar-refractivity contribution in [3.63, 3.8) is 0 Å². The maximum atomic E-state index is 11.5. The third kappa shape index (κ3) is 4.87. The van der Waals surface area contributed by atoms with Gasteiger partial charge in [0.05, 0.1) is 0 Å². The van der Waals surface area contributed by atoms with Crippen molar-refractivity contribution in [2.45, 2.75) is 5.66 Å². The zero-order valence-corrected chi connectivity index (χ0v) is 14.6. The number of carbonyl (C=O) groups is 1. The molecule has 1 fully saturated rings. The third-order valence-corrected chi connectivity index (χ3v) is 3.70. The number of nitrogens with two attached hydrogens (primary N) is 3. The van der Waals surface area contributed by atoms with Gasteiger partial charge in [-0.05, 0) is 12.1 Å². The molecule has 1 aliphatic heterocycles. The van der Waals surface area contributed by atoms with Crippen LogP contribution < -0.4 is 22.1 Å². The second-order valence-electron chi connectivity index (χ2n) is 4.80. The molecule has 0 radical (unpaired) electrons. The van der Waals surface area contributed by atoms with E-state index in [1.54, 1.807) is 0 Å². The number of halogens is 3. The van der Waals surface area contributed by atoms with Gasteiger partial charge in [0.2, 0.25) is 0 Å². The monoisotopic (exact) mass is 371 g/mol. The summed E-state index contributed by atoms with van der Waals surface area (Å²) in [6, 6.07) is 10.2. The molecule has 6 nitrogen and oxygen atoms in total. The van der Waals surface area contributed by atoms with Gasteiger partial charge in [-0.1, -0.05) is 18.2 Å². The number of primary amides is 1. The van der Waals surface area contributed by atoms with Crippen molar-refractivity contribution in [3.8, 4) is 0 Å². The van der Waals surface area contributed by atoms with Crippen molar-refractivity contribution >= 4 is 48.8 Å². The Morgan fingerprint density at radius 3 is 1.95 bits per heavy atom. The van der Waals surface area contributed by atoms with Gasteiger partial charge in [0.15, 0.2) is 5.66 Å². The predicted octanol–water partition coefficient (Wildman–Crippen LogP) is 0.173. The van der Waals surface area contributed by atoms with Gasteiger partial charge in [-0.15, -0.1) is 37.2 Å². The van der Waals surface area contributed by atoms with Crippen molar-refractivity contribution in [2.24, 2.45) is 17.2 Å². The van der Waals surface area contributed by atoms with Crippen molar-refractivity contribution in [1.29, 1.82) is 0 Å². The lowest BCUT2D eigenvalue weighted by molar-refractivity contribution is -0.129. The lowest BCUT2D eigenvalue weighted by Gasteiger charge is -2.43. The van der Waals surface area contributed by atoms with E-state index in [0.29, 0.717) is 13.1 Å². The maximum absolute atomic E-state index is 11.5. The van der Waals surface area contributed by atoms with E-state index in [9.17, 15) is 4.79 Å². The molecule has 2 rings (SSSR count). The molecule has 128 valence electrons. The summed E-state index contributed by atoms with van der Waals surface area (Å²) in [6.45, 7) is 2.98. The average Bonchev–Trinajstić information content (AvgIpc) is 2.47. The Bertz CT molecular complexity index is 443. The van der Waals surface area contributed by atoms with E-state index in [1.807, 2.05) is 23.1 Å². The first-order chi connectivity index (χ1) is 9.08. The maximum Gasteiger partial charge on any atom is 0.253 e. The lowest BCUT2D eigenvalue weighted by atomic mass is 10.1. The molecule has 0 saturated carbocycles. The van der Waals surface area contributed by atoms with E-state index < -0.39 is 11.6 Å². The molecular weight excluding hydrogens is 349 g/mol. The minimum absolute atomic E-state index is 0. The van der Waals surface area contributed by atoms with Crippen molar-refractivity contribution in [2.75, 3.05) is 37.6 Å². The van der Waals surface area contributed by atoms with E-state index in [2.05, 4.69) is 17.0 Å². The highest BCUT2D eigenvalue weighted by atomic mass is 35.5. The Labute approximate surface area is 149 Å². The molecule has 1 aromatic rings. The molecule has 1 heterocycles. The molecule has 0 bridgehead atoms. The summed E-state index contributed by atoms with van der Waals surface area (Å²) in [5.41, 5.74) is 16.9. The molecule has 1 aromatic carbocycles. The van der Waals surface area contributed by atoms with E-state index >= 15 is 0 Å². The number of piperazine rings is 1. The van der Waals surface area contributed by atoms with Gasteiger partial charge in [0, 0.05) is 38.4 Å². The summed E-state index contributed by atoms with van der Waals surface area (Å²) < 4.78 is 0. The van der Waals surface area contributed by atoms with Gasteiger partial charge in [-0.25, -0.2) is 0 Å². The number of hydrogen-bond acceptors (Lipinski definition) is 5. The summed E-state index contributed by atoms with van der Waals surface area (Å²) in [7, 11) is 0. The first-order valence-electron chi connectivity index (χ1n) is 6.42. The van der Waals surface area contributed by atoms with Crippen LogP contribution in [0.5, 0.6) is 0 Å². The molecule has 0 aliphatic carbocycles. The van der Waals surface area contributed by atoms with E-state index in [-0.39, 0.29) is 43.8 Å². The summed E-state index contributed by atoms with van der Waals surface area (Å²) in [6.07, 6.45) is 0. The molecule has 1 aliphatic rings. The quantitative estimate of drug-likeness (QED) is 0.699.